The van der Waals surface area contributed by atoms with Crippen LogP contribution in [0.2, 0.25) is 0 Å². The van der Waals surface area contributed by atoms with Crippen LogP contribution >= 0.6 is 0 Å². The van der Waals surface area contributed by atoms with Crippen LogP contribution in [0.1, 0.15) is 24.8 Å². The molecule has 0 spiro atoms. The lowest BCUT2D eigenvalue weighted by atomic mass is 10.0. The number of piperidine rings is 1. The topological polar surface area (TPSA) is 52.6 Å². The summed E-state index contributed by atoms with van der Waals surface area (Å²) in [5.41, 5.74) is -0.713. The Bertz CT molecular complexity index is 505. The summed E-state index contributed by atoms with van der Waals surface area (Å²) >= 11 is 0. The van der Waals surface area contributed by atoms with Crippen molar-refractivity contribution in [2.24, 2.45) is 0 Å². The third-order valence-corrected chi connectivity index (χ3v) is 3.54. The van der Waals surface area contributed by atoms with E-state index >= 15 is 0 Å². The molecule has 1 aliphatic heterocycles. The van der Waals surface area contributed by atoms with Crippen molar-refractivity contribution in [2.75, 3.05) is 18.5 Å². The number of nitrogens with zero attached hydrogens (tertiary/aromatic N) is 1. The van der Waals surface area contributed by atoms with Gasteiger partial charge in [0.05, 0.1) is 18.2 Å². The van der Waals surface area contributed by atoms with E-state index in [1.165, 1.54) is 17.0 Å². The van der Waals surface area contributed by atoms with E-state index in [1.807, 2.05) is 0 Å². The summed E-state index contributed by atoms with van der Waals surface area (Å²) in [4.78, 5) is 13.6. The Morgan fingerprint density at radius 2 is 2.14 bits per heavy atom. The average molecular weight is 302 g/mol. The summed E-state index contributed by atoms with van der Waals surface area (Å²) in [5, 5.41) is 11.7. The van der Waals surface area contributed by atoms with Gasteiger partial charge in [-0.15, -0.1) is 0 Å². The lowest BCUT2D eigenvalue weighted by molar-refractivity contribution is -0.137. The Labute approximate surface area is 120 Å². The molecule has 2 rings (SSSR count). The summed E-state index contributed by atoms with van der Waals surface area (Å²) in [7, 11) is 0. The lowest BCUT2D eigenvalue weighted by Gasteiger charge is -2.34. The fourth-order valence-electron chi connectivity index (χ4n) is 2.43. The van der Waals surface area contributed by atoms with Crippen LogP contribution in [0.5, 0.6) is 0 Å². The molecule has 0 saturated carbocycles. The number of halogens is 3. The lowest BCUT2D eigenvalue weighted by Crippen LogP contribution is -2.47. The maximum atomic E-state index is 12.6. The van der Waals surface area contributed by atoms with E-state index in [4.69, 9.17) is 0 Å². The first-order valence-electron chi connectivity index (χ1n) is 6.77. The zero-order valence-corrected chi connectivity index (χ0v) is 11.4. The molecular formula is C14H17F3N2O2. The zero-order chi connectivity index (χ0) is 15.5. The number of aliphatic hydroxyl groups is 1. The molecule has 1 unspecified atom stereocenters. The summed E-state index contributed by atoms with van der Waals surface area (Å²) in [6.45, 7) is 0.353. The third-order valence-electron chi connectivity index (χ3n) is 3.54. The quantitative estimate of drug-likeness (QED) is 0.882. The van der Waals surface area contributed by atoms with Gasteiger partial charge in [0.15, 0.2) is 0 Å². The highest BCUT2D eigenvalue weighted by atomic mass is 19.4. The molecule has 1 aliphatic rings. The molecule has 1 saturated heterocycles. The molecular weight excluding hydrogens is 285 g/mol. The molecule has 0 aromatic heterocycles. The second-order valence-electron chi connectivity index (χ2n) is 5.03. The van der Waals surface area contributed by atoms with E-state index in [2.05, 4.69) is 5.32 Å². The molecule has 1 atom stereocenters. The first-order chi connectivity index (χ1) is 9.91. The largest absolute Gasteiger partial charge is 0.416 e. The van der Waals surface area contributed by atoms with Gasteiger partial charge in [-0.05, 0) is 37.5 Å². The van der Waals surface area contributed by atoms with E-state index in [0.717, 1.165) is 25.0 Å². The standard InChI is InChI=1S/C14H17F3N2O2/c15-14(16,17)10-4-3-5-11(8-10)18-13(21)19-7-2-1-6-12(19)9-20/h3-5,8,12,20H,1-2,6-7,9H2,(H,18,21). The van der Waals surface area contributed by atoms with Crippen molar-refractivity contribution < 1.29 is 23.1 Å². The normalized spacial score (nSPS) is 19.4. The maximum absolute atomic E-state index is 12.6. The van der Waals surface area contributed by atoms with E-state index in [9.17, 15) is 23.1 Å². The molecule has 0 radical (unpaired) electrons. The van der Waals surface area contributed by atoms with E-state index in [-0.39, 0.29) is 18.3 Å². The van der Waals surface area contributed by atoms with Gasteiger partial charge in [-0.2, -0.15) is 13.2 Å². The third kappa shape index (κ3) is 3.87. The van der Waals surface area contributed by atoms with Crippen molar-refractivity contribution in [3.63, 3.8) is 0 Å². The van der Waals surface area contributed by atoms with E-state index < -0.39 is 17.8 Å². The molecule has 1 aromatic rings. The second kappa shape index (κ2) is 6.34. The zero-order valence-electron chi connectivity index (χ0n) is 11.4. The van der Waals surface area contributed by atoms with Crippen LogP contribution in [0.25, 0.3) is 0 Å². The number of urea groups is 1. The van der Waals surface area contributed by atoms with Crippen molar-refractivity contribution >= 4 is 11.7 Å². The van der Waals surface area contributed by atoms with Crippen LogP contribution in [0.15, 0.2) is 24.3 Å². The van der Waals surface area contributed by atoms with Crippen LogP contribution in [0.3, 0.4) is 0 Å². The summed E-state index contributed by atoms with van der Waals surface area (Å²) in [6, 6.07) is 3.75. The maximum Gasteiger partial charge on any atom is 0.416 e. The number of nitrogens with one attached hydrogen (secondary N) is 1. The number of likely N-dealkylation sites (tertiary alicyclic amines) is 1. The highest BCUT2D eigenvalue weighted by Gasteiger charge is 2.31. The van der Waals surface area contributed by atoms with Crippen LogP contribution < -0.4 is 5.32 Å². The van der Waals surface area contributed by atoms with Gasteiger partial charge >= 0.3 is 12.2 Å². The van der Waals surface area contributed by atoms with E-state index in [0.29, 0.717) is 13.0 Å². The van der Waals surface area contributed by atoms with Gasteiger partial charge < -0.3 is 15.3 Å². The smallest absolute Gasteiger partial charge is 0.394 e. The van der Waals surface area contributed by atoms with Crippen molar-refractivity contribution in [2.45, 2.75) is 31.5 Å². The molecule has 0 aliphatic carbocycles. The monoisotopic (exact) mass is 302 g/mol. The molecule has 2 N–H and O–H groups in total. The summed E-state index contributed by atoms with van der Waals surface area (Å²) in [6.07, 6.45) is -1.99. The minimum Gasteiger partial charge on any atom is -0.394 e. The van der Waals surface area contributed by atoms with Crippen molar-refractivity contribution in [3.05, 3.63) is 29.8 Å². The van der Waals surface area contributed by atoms with Crippen LogP contribution in [0, 0.1) is 0 Å². The highest BCUT2D eigenvalue weighted by Crippen LogP contribution is 2.30. The Hall–Kier alpha value is -1.76. The molecule has 116 valence electrons. The fraction of sp³-hybridized carbons (Fsp3) is 0.500. The molecule has 1 fully saturated rings. The van der Waals surface area contributed by atoms with Gasteiger partial charge in [-0.25, -0.2) is 4.79 Å². The number of carbonyl (C=O) groups is 1. The van der Waals surface area contributed by atoms with Gasteiger partial charge in [0.2, 0.25) is 0 Å². The van der Waals surface area contributed by atoms with Gasteiger partial charge in [0.1, 0.15) is 0 Å². The van der Waals surface area contributed by atoms with Crippen molar-refractivity contribution in [1.29, 1.82) is 0 Å². The second-order valence-corrected chi connectivity index (χ2v) is 5.03. The summed E-state index contributed by atoms with van der Waals surface area (Å²) < 4.78 is 37.9. The molecule has 0 bridgehead atoms. The first kappa shape index (κ1) is 15.6. The predicted octanol–water partition coefficient (Wildman–Crippen LogP) is 3.08. The van der Waals surface area contributed by atoms with Gasteiger partial charge in [-0.3, -0.25) is 0 Å². The molecule has 1 aromatic carbocycles. The van der Waals surface area contributed by atoms with Gasteiger partial charge in [-0.1, -0.05) is 6.07 Å². The predicted molar refractivity (Wildman–Crippen MR) is 71.9 cm³/mol. The summed E-state index contributed by atoms with van der Waals surface area (Å²) in [5.74, 6) is 0. The Balaban J connectivity index is 2.08. The van der Waals surface area contributed by atoms with Crippen LogP contribution in [-0.4, -0.2) is 35.2 Å². The molecule has 7 heteroatoms. The Kier molecular flexibility index (Phi) is 4.72. The van der Waals surface area contributed by atoms with Gasteiger partial charge in [0, 0.05) is 12.2 Å². The van der Waals surface area contributed by atoms with Crippen LogP contribution in [0.4, 0.5) is 23.7 Å². The number of carbonyl (C=O) groups excluding carboxylic acids is 1. The highest BCUT2D eigenvalue weighted by molar-refractivity contribution is 5.89. The average Bonchev–Trinajstić information content (AvgIpc) is 2.46. The van der Waals surface area contributed by atoms with Crippen molar-refractivity contribution in [3.8, 4) is 0 Å². The number of hydrogen-bond donors (Lipinski definition) is 2. The number of anilines is 1. The number of amides is 2. The van der Waals surface area contributed by atoms with Crippen LogP contribution in [-0.2, 0) is 6.18 Å². The molecule has 21 heavy (non-hydrogen) atoms. The number of hydrogen-bond acceptors (Lipinski definition) is 2. The molecule has 4 nitrogen and oxygen atoms in total. The van der Waals surface area contributed by atoms with Gasteiger partial charge in [0.25, 0.3) is 0 Å². The van der Waals surface area contributed by atoms with Crippen molar-refractivity contribution in [1.82, 2.24) is 4.90 Å². The Morgan fingerprint density at radius 3 is 2.81 bits per heavy atom. The number of alkyl halides is 3. The van der Waals surface area contributed by atoms with E-state index in [1.54, 1.807) is 0 Å². The first-order valence-corrected chi connectivity index (χ1v) is 6.77. The SMILES string of the molecule is O=C(Nc1cccc(C(F)(F)F)c1)N1CCCCC1CO. The minimum atomic E-state index is -4.44. The number of benzene rings is 1. The number of rotatable bonds is 2. The Morgan fingerprint density at radius 1 is 1.38 bits per heavy atom. The number of aliphatic hydroxyl groups excluding tert-OH is 1. The molecule has 2 amide bonds. The fourth-order valence-corrected chi connectivity index (χ4v) is 2.43. The minimum absolute atomic E-state index is 0.0945. The molecule has 1 heterocycles.